The number of benzene rings is 1. The van der Waals surface area contributed by atoms with Crippen LogP contribution in [0, 0.1) is 11.7 Å². The first kappa shape index (κ1) is 19.4. The van der Waals surface area contributed by atoms with E-state index in [0.717, 1.165) is 6.07 Å². The molecular formula is C15H21F4NO. The SMILES string of the molecule is C.CC(C)C[C@@H](C)NC(=O)c1cc(F)cc(C(F)(F)F)c1. The van der Waals surface area contributed by atoms with E-state index in [1.54, 1.807) is 6.92 Å². The van der Waals surface area contributed by atoms with E-state index in [2.05, 4.69) is 5.32 Å². The van der Waals surface area contributed by atoms with Gasteiger partial charge in [-0.3, -0.25) is 4.79 Å². The van der Waals surface area contributed by atoms with Gasteiger partial charge >= 0.3 is 6.18 Å². The average molecular weight is 307 g/mol. The summed E-state index contributed by atoms with van der Waals surface area (Å²) in [6.07, 6.45) is -3.99. The van der Waals surface area contributed by atoms with Gasteiger partial charge in [-0.25, -0.2) is 4.39 Å². The molecule has 1 amide bonds. The van der Waals surface area contributed by atoms with Crippen LogP contribution in [0.5, 0.6) is 0 Å². The van der Waals surface area contributed by atoms with E-state index in [4.69, 9.17) is 0 Å². The van der Waals surface area contributed by atoms with E-state index in [9.17, 15) is 22.4 Å². The van der Waals surface area contributed by atoms with Crippen molar-refractivity contribution in [3.8, 4) is 0 Å². The van der Waals surface area contributed by atoms with Gasteiger partial charge in [-0.2, -0.15) is 13.2 Å². The fraction of sp³-hybridized carbons (Fsp3) is 0.533. The summed E-state index contributed by atoms with van der Waals surface area (Å²) in [5.41, 5.74) is -1.49. The van der Waals surface area contributed by atoms with E-state index in [0.29, 0.717) is 24.5 Å². The Morgan fingerprint density at radius 3 is 2.24 bits per heavy atom. The Hall–Kier alpha value is -1.59. The van der Waals surface area contributed by atoms with Crippen molar-refractivity contribution in [1.82, 2.24) is 5.32 Å². The zero-order valence-electron chi connectivity index (χ0n) is 11.5. The number of amides is 1. The Labute approximate surface area is 122 Å². The van der Waals surface area contributed by atoms with E-state index < -0.39 is 23.5 Å². The van der Waals surface area contributed by atoms with Crippen molar-refractivity contribution in [3.05, 3.63) is 35.1 Å². The monoisotopic (exact) mass is 307 g/mol. The Balaban J connectivity index is 0.00000400. The van der Waals surface area contributed by atoms with Crippen molar-refractivity contribution in [3.63, 3.8) is 0 Å². The van der Waals surface area contributed by atoms with Gasteiger partial charge in [-0.05, 0) is 37.5 Å². The van der Waals surface area contributed by atoms with Gasteiger partial charge in [0.1, 0.15) is 5.82 Å². The van der Waals surface area contributed by atoms with Crippen LogP contribution in [-0.4, -0.2) is 11.9 Å². The van der Waals surface area contributed by atoms with Gasteiger partial charge < -0.3 is 5.32 Å². The number of nitrogens with one attached hydrogen (secondary N) is 1. The summed E-state index contributed by atoms with van der Waals surface area (Å²) in [7, 11) is 0. The molecule has 0 unspecified atom stereocenters. The second-order valence-corrected chi connectivity index (χ2v) is 5.23. The standard InChI is InChI=1S/C14H17F4NO.CH4/c1-8(2)4-9(3)19-13(20)10-5-11(14(16,17)18)7-12(15)6-10;/h5-9H,4H2,1-3H3,(H,19,20);1H4/t9-;/m1./s1. The summed E-state index contributed by atoms with van der Waals surface area (Å²) in [6, 6.07) is 1.63. The number of halogens is 4. The summed E-state index contributed by atoms with van der Waals surface area (Å²) in [6.45, 7) is 5.68. The summed E-state index contributed by atoms with van der Waals surface area (Å²) >= 11 is 0. The first-order valence-corrected chi connectivity index (χ1v) is 6.28. The van der Waals surface area contributed by atoms with Crippen molar-refractivity contribution in [2.24, 2.45) is 5.92 Å². The van der Waals surface area contributed by atoms with Crippen molar-refractivity contribution in [1.29, 1.82) is 0 Å². The van der Waals surface area contributed by atoms with Crippen molar-refractivity contribution < 1.29 is 22.4 Å². The average Bonchev–Trinajstić information content (AvgIpc) is 2.25. The van der Waals surface area contributed by atoms with Crippen LogP contribution in [0.2, 0.25) is 0 Å². The van der Waals surface area contributed by atoms with Gasteiger partial charge in [-0.1, -0.05) is 21.3 Å². The van der Waals surface area contributed by atoms with E-state index in [-0.39, 0.29) is 19.0 Å². The molecule has 1 N–H and O–H groups in total. The minimum absolute atomic E-state index is 0. The van der Waals surface area contributed by atoms with Crippen LogP contribution in [0.3, 0.4) is 0 Å². The Bertz CT molecular complexity index is 483. The molecule has 0 aromatic heterocycles. The molecule has 0 radical (unpaired) electrons. The molecule has 0 spiro atoms. The van der Waals surface area contributed by atoms with E-state index >= 15 is 0 Å². The van der Waals surface area contributed by atoms with Crippen molar-refractivity contribution >= 4 is 5.91 Å². The second-order valence-electron chi connectivity index (χ2n) is 5.23. The van der Waals surface area contributed by atoms with Crippen LogP contribution < -0.4 is 5.32 Å². The topological polar surface area (TPSA) is 29.1 Å². The summed E-state index contributed by atoms with van der Waals surface area (Å²) < 4.78 is 50.8. The third-order valence-electron chi connectivity index (χ3n) is 2.69. The molecule has 2 nitrogen and oxygen atoms in total. The van der Waals surface area contributed by atoms with Crippen LogP contribution in [0.4, 0.5) is 17.6 Å². The van der Waals surface area contributed by atoms with Gasteiger partial charge in [-0.15, -0.1) is 0 Å². The zero-order chi connectivity index (χ0) is 15.5. The van der Waals surface area contributed by atoms with Crippen LogP contribution in [0.15, 0.2) is 18.2 Å². The first-order valence-electron chi connectivity index (χ1n) is 6.28. The van der Waals surface area contributed by atoms with E-state index in [1.807, 2.05) is 13.8 Å². The summed E-state index contributed by atoms with van der Waals surface area (Å²) in [4.78, 5) is 11.8. The Morgan fingerprint density at radius 2 is 1.76 bits per heavy atom. The first-order chi connectivity index (χ1) is 9.09. The molecule has 0 aliphatic rings. The molecule has 0 fully saturated rings. The van der Waals surface area contributed by atoms with Gasteiger partial charge in [0.15, 0.2) is 0 Å². The lowest BCUT2D eigenvalue weighted by molar-refractivity contribution is -0.137. The highest BCUT2D eigenvalue weighted by atomic mass is 19.4. The molecule has 1 aromatic rings. The smallest absolute Gasteiger partial charge is 0.350 e. The molecule has 120 valence electrons. The Kier molecular flexibility index (Phi) is 6.86. The minimum atomic E-state index is -4.68. The maximum Gasteiger partial charge on any atom is 0.416 e. The number of carbonyl (C=O) groups excluding carboxylic acids is 1. The molecule has 1 rings (SSSR count). The molecule has 0 saturated carbocycles. The van der Waals surface area contributed by atoms with Crippen LogP contribution in [-0.2, 0) is 6.18 Å². The third kappa shape index (κ3) is 6.14. The maximum absolute atomic E-state index is 13.2. The molecule has 0 aliphatic heterocycles. The maximum atomic E-state index is 13.2. The van der Waals surface area contributed by atoms with Gasteiger partial charge in [0.05, 0.1) is 5.56 Å². The van der Waals surface area contributed by atoms with Crippen molar-refractivity contribution in [2.45, 2.75) is 46.8 Å². The largest absolute Gasteiger partial charge is 0.416 e. The molecule has 6 heteroatoms. The fourth-order valence-electron chi connectivity index (χ4n) is 1.96. The minimum Gasteiger partial charge on any atom is -0.350 e. The lowest BCUT2D eigenvalue weighted by Gasteiger charge is -2.16. The molecule has 1 atom stereocenters. The fourth-order valence-corrected chi connectivity index (χ4v) is 1.96. The summed E-state index contributed by atoms with van der Waals surface area (Å²) in [5.74, 6) is -1.45. The Morgan fingerprint density at radius 1 is 1.19 bits per heavy atom. The third-order valence-corrected chi connectivity index (χ3v) is 2.69. The van der Waals surface area contributed by atoms with Crippen LogP contribution >= 0.6 is 0 Å². The van der Waals surface area contributed by atoms with Gasteiger partial charge in [0, 0.05) is 11.6 Å². The molecule has 0 saturated heterocycles. The van der Waals surface area contributed by atoms with Crippen LogP contribution in [0.1, 0.15) is 50.5 Å². The lowest BCUT2D eigenvalue weighted by Crippen LogP contribution is -2.33. The lowest BCUT2D eigenvalue weighted by atomic mass is 10.0. The quantitative estimate of drug-likeness (QED) is 0.806. The molecule has 0 bridgehead atoms. The number of hydrogen-bond acceptors (Lipinski definition) is 1. The van der Waals surface area contributed by atoms with Gasteiger partial charge in [0.2, 0.25) is 0 Å². The molecular weight excluding hydrogens is 286 g/mol. The highest BCUT2D eigenvalue weighted by Gasteiger charge is 2.32. The van der Waals surface area contributed by atoms with Gasteiger partial charge in [0.25, 0.3) is 5.91 Å². The highest BCUT2D eigenvalue weighted by molar-refractivity contribution is 5.94. The zero-order valence-corrected chi connectivity index (χ0v) is 11.5. The highest BCUT2D eigenvalue weighted by Crippen LogP contribution is 2.30. The molecule has 0 heterocycles. The normalized spacial score (nSPS) is 12.8. The predicted molar refractivity (Wildman–Crippen MR) is 74.5 cm³/mol. The van der Waals surface area contributed by atoms with Crippen molar-refractivity contribution in [2.75, 3.05) is 0 Å². The predicted octanol–water partition coefficient (Wildman–Crippen LogP) is 4.65. The second kappa shape index (κ2) is 7.43. The number of carbonyl (C=O) groups is 1. The number of alkyl halides is 3. The van der Waals surface area contributed by atoms with E-state index in [1.165, 1.54) is 0 Å². The molecule has 1 aromatic carbocycles. The molecule has 0 aliphatic carbocycles. The van der Waals surface area contributed by atoms with Crippen LogP contribution in [0.25, 0.3) is 0 Å². The number of hydrogen-bond donors (Lipinski definition) is 1. The summed E-state index contributed by atoms with van der Waals surface area (Å²) in [5, 5.41) is 2.56. The molecule has 21 heavy (non-hydrogen) atoms. The number of rotatable bonds is 4.